The molecule has 4 aromatic rings. The second-order valence-corrected chi connectivity index (χ2v) is 11.5. The number of nitrogens with one attached hydrogen (secondary N) is 2. The van der Waals surface area contributed by atoms with Gasteiger partial charge in [-0.2, -0.15) is 0 Å². The normalized spacial score (nSPS) is 19.9. The summed E-state index contributed by atoms with van der Waals surface area (Å²) in [5, 5.41) is 24.5. The summed E-state index contributed by atoms with van der Waals surface area (Å²) in [5.41, 5.74) is 4.43. The molecule has 0 aromatic heterocycles. The summed E-state index contributed by atoms with van der Waals surface area (Å²) in [6, 6.07) is 31.3. The highest BCUT2D eigenvalue weighted by atomic mass is 32.2. The molecule has 5 rings (SSSR count). The van der Waals surface area contributed by atoms with Crippen molar-refractivity contribution >= 4 is 29.4 Å². The van der Waals surface area contributed by atoms with Crippen LogP contribution in [0.15, 0.2) is 108 Å². The number of carboxylic acid groups (broad SMARTS) is 1. The average molecular weight is 599 g/mol. The number of amides is 2. The van der Waals surface area contributed by atoms with Crippen molar-refractivity contribution in [2.24, 2.45) is 5.92 Å². The molecule has 2 amide bonds. The molecule has 0 bridgehead atoms. The second-order valence-electron chi connectivity index (χ2n) is 10.4. The van der Waals surface area contributed by atoms with E-state index in [1.807, 2.05) is 78.9 Å². The number of carboxylic acids is 1. The highest BCUT2D eigenvalue weighted by molar-refractivity contribution is 7.99. The Morgan fingerprint density at radius 3 is 2.28 bits per heavy atom. The molecule has 1 aliphatic rings. The number of urea groups is 1. The molecule has 1 aliphatic heterocycles. The van der Waals surface area contributed by atoms with Crippen LogP contribution in [0.25, 0.3) is 0 Å². The summed E-state index contributed by atoms with van der Waals surface area (Å²) in [7, 11) is 0. The predicted octanol–water partition coefficient (Wildman–Crippen LogP) is 6.78. The fourth-order valence-electron chi connectivity index (χ4n) is 4.90. The zero-order chi connectivity index (χ0) is 30.2. The van der Waals surface area contributed by atoms with E-state index in [4.69, 9.17) is 9.47 Å². The van der Waals surface area contributed by atoms with Crippen LogP contribution in [0.1, 0.15) is 51.9 Å². The standard InChI is InChI=1S/C34H34N2O6S/c1-22-30(21-43-29-16-14-26(15-17-29)32(38)39)41-33(42-31(22)25-12-10-24(20-37)11-13-25)27-8-5-9-28(18-27)36-34(40)35-19-23-6-3-2-4-7-23/h2-18,22,30-31,33,37H,19-21H2,1H3,(H,38,39)(H2,35,36,40)/t22-,30+,31+,33+/m0/s1. The largest absolute Gasteiger partial charge is 0.478 e. The van der Waals surface area contributed by atoms with Gasteiger partial charge in [-0.3, -0.25) is 0 Å². The Morgan fingerprint density at radius 1 is 0.837 bits per heavy atom. The summed E-state index contributed by atoms with van der Waals surface area (Å²) in [6.45, 7) is 2.47. The molecule has 0 unspecified atom stereocenters. The quantitative estimate of drug-likeness (QED) is 0.149. The van der Waals surface area contributed by atoms with Crippen LogP contribution in [0.2, 0.25) is 0 Å². The summed E-state index contributed by atoms with van der Waals surface area (Å²) in [5.74, 6) is -0.341. The Labute approximate surface area is 255 Å². The highest BCUT2D eigenvalue weighted by Gasteiger charge is 2.38. The molecule has 8 nitrogen and oxygen atoms in total. The molecule has 0 saturated carbocycles. The Hall–Kier alpha value is -4.15. The summed E-state index contributed by atoms with van der Waals surface area (Å²) < 4.78 is 13.1. The molecule has 1 saturated heterocycles. The summed E-state index contributed by atoms with van der Waals surface area (Å²) >= 11 is 1.59. The molecule has 0 radical (unpaired) electrons. The number of benzene rings is 4. The van der Waals surface area contributed by atoms with E-state index in [0.29, 0.717) is 18.0 Å². The molecule has 1 fully saturated rings. The number of hydrogen-bond acceptors (Lipinski definition) is 6. The van der Waals surface area contributed by atoms with Crippen LogP contribution in [0.3, 0.4) is 0 Å². The first kappa shape index (κ1) is 30.3. The number of hydrogen-bond donors (Lipinski definition) is 4. The van der Waals surface area contributed by atoms with E-state index >= 15 is 0 Å². The first-order valence-electron chi connectivity index (χ1n) is 14.0. The molecule has 222 valence electrons. The van der Waals surface area contributed by atoms with Crippen LogP contribution in [-0.4, -0.2) is 34.1 Å². The van der Waals surface area contributed by atoms with Crippen LogP contribution in [-0.2, 0) is 22.6 Å². The van der Waals surface area contributed by atoms with E-state index in [-0.39, 0.29) is 36.3 Å². The maximum absolute atomic E-state index is 12.6. The molecule has 0 spiro atoms. The lowest BCUT2D eigenvalue weighted by Crippen LogP contribution is -2.38. The van der Waals surface area contributed by atoms with Crippen LogP contribution in [0, 0.1) is 5.92 Å². The number of ether oxygens (including phenoxy) is 2. The fraction of sp³-hybridized carbons (Fsp3) is 0.235. The molecule has 4 aromatic carbocycles. The zero-order valence-corrected chi connectivity index (χ0v) is 24.5. The molecule has 4 atom stereocenters. The highest BCUT2D eigenvalue weighted by Crippen LogP contribution is 2.43. The van der Waals surface area contributed by atoms with Gasteiger partial charge < -0.3 is 30.3 Å². The first-order valence-corrected chi connectivity index (χ1v) is 15.0. The van der Waals surface area contributed by atoms with E-state index in [2.05, 4.69) is 17.6 Å². The maximum Gasteiger partial charge on any atom is 0.335 e. The van der Waals surface area contributed by atoms with Crippen molar-refractivity contribution in [1.82, 2.24) is 5.32 Å². The molecular weight excluding hydrogens is 564 g/mol. The number of rotatable bonds is 10. The molecule has 9 heteroatoms. The van der Waals surface area contributed by atoms with Gasteiger partial charge in [-0.1, -0.05) is 73.7 Å². The van der Waals surface area contributed by atoms with E-state index < -0.39 is 12.3 Å². The number of aromatic carboxylic acids is 1. The smallest absolute Gasteiger partial charge is 0.335 e. The minimum absolute atomic E-state index is 0.00732. The summed E-state index contributed by atoms with van der Waals surface area (Å²) in [6.07, 6.45) is -1.17. The number of anilines is 1. The summed E-state index contributed by atoms with van der Waals surface area (Å²) in [4.78, 5) is 24.8. The molecule has 4 N–H and O–H groups in total. The third kappa shape index (κ3) is 8.03. The lowest BCUT2D eigenvalue weighted by Gasteiger charge is -2.41. The van der Waals surface area contributed by atoms with E-state index in [9.17, 15) is 19.8 Å². The van der Waals surface area contributed by atoms with Gasteiger partial charge in [0.2, 0.25) is 0 Å². The van der Waals surface area contributed by atoms with E-state index in [1.165, 1.54) is 0 Å². The SMILES string of the molecule is C[C@H]1[C@@H](CSc2ccc(C(=O)O)cc2)O[C@@H](c2cccc(NC(=O)NCc3ccccc3)c2)O[C@H]1c1ccc(CO)cc1. The van der Waals surface area contributed by atoms with E-state index in [1.54, 1.807) is 36.0 Å². The van der Waals surface area contributed by atoms with E-state index in [0.717, 1.165) is 27.1 Å². The van der Waals surface area contributed by atoms with Gasteiger partial charge in [0, 0.05) is 34.4 Å². The maximum atomic E-state index is 12.6. The Morgan fingerprint density at radius 2 is 1.58 bits per heavy atom. The number of carbonyl (C=O) groups excluding carboxylic acids is 1. The van der Waals surface area contributed by atoms with Crippen molar-refractivity contribution in [3.63, 3.8) is 0 Å². The van der Waals surface area contributed by atoms with Crippen molar-refractivity contribution in [2.75, 3.05) is 11.1 Å². The van der Waals surface area contributed by atoms with Gasteiger partial charge in [0.25, 0.3) is 0 Å². The fourth-order valence-corrected chi connectivity index (χ4v) is 5.97. The lowest BCUT2D eigenvalue weighted by molar-refractivity contribution is -0.268. The molecule has 43 heavy (non-hydrogen) atoms. The Kier molecular flexibility index (Phi) is 10.1. The predicted molar refractivity (Wildman–Crippen MR) is 166 cm³/mol. The molecule has 0 aliphatic carbocycles. The van der Waals surface area contributed by atoms with Crippen LogP contribution in [0.5, 0.6) is 0 Å². The van der Waals surface area contributed by atoms with Crippen molar-refractivity contribution in [1.29, 1.82) is 0 Å². The van der Waals surface area contributed by atoms with Gasteiger partial charge in [0.05, 0.1) is 24.4 Å². The number of aliphatic hydroxyl groups excluding tert-OH is 1. The Bertz CT molecular complexity index is 1510. The number of aliphatic hydroxyl groups is 1. The lowest BCUT2D eigenvalue weighted by atomic mass is 9.91. The second kappa shape index (κ2) is 14.3. The topological polar surface area (TPSA) is 117 Å². The Balaban J connectivity index is 1.32. The average Bonchev–Trinajstić information content (AvgIpc) is 3.04. The van der Waals surface area contributed by atoms with Gasteiger partial charge >= 0.3 is 12.0 Å². The van der Waals surface area contributed by atoms with Crippen molar-refractivity contribution in [3.05, 3.63) is 131 Å². The van der Waals surface area contributed by atoms with Gasteiger partial charge in [0.1, 0.15) is 0 Å². The van der Waals surface area contributed by atoms with Crippen LogP contribution < -0.4 is 10.6 Å². The van der Waals surface area contributed by atoms with Gasteiger partial charge in [-0.25, -0.2) is 9.59 Å². The van der Waals surface area contributed by atoms with Crippen molar-refractivity contribution in [2.45, 2.75) is 43.5 Å². The van der Waals surface area contributed by atoms with Crippen molar-refractivity contribution < 1.29 is 29.3 Å². The minimum Gasteiger partial charge on any atom is -0.478 e. The van der Waals surface area contributed by atoms with Crippen molar-refractivity contribution in [3.8, 4) is 0 Å². The van der Waals surface area contributed by atoms with Gasteiger partial charge in [0.15, 0.2) is 6.29 Å². The monoisotopic (exact) mass is 598 g/mol. The first-order chi connectivity index (χ1) is 20.9. The third-order valence-electron chi connectivity index (χ3n) is 7.35. The molecular formula is C34H34N2O6S. The van der Waals surface area contributed by atoms with Crippen LogP contribution in [0.4, 0.5) is 10.5 Å². The molecule has 1 heterocycles. The number of carbonyl (C=O) groups is 2. The van der Waals surface area contributed by atoms with Gasteiger partial charge in [-0.05, 0) is 53.1 Å². The van der Waals surface area contributed by atoms with Gasteiger partial charge in [-0.15, -0.1) is 11.8 Å². The minimum atomic E-state index is -0.957. The van der Waals surface area contributed by atoms with Crippen LogP contribution >= 0.6 is 11.8 Å². The zero-order valence-electron chi connectivity index (χ0n) is 23.7. The number of thioether (sulfide) groups is 1. The third-order valence-corrected chi connectivity index (χ3v) is 8.45.